The highest BCUT2D eigenvalue weighted by Gasteiger charge is 2.41. The third-order valence-corrected chi connectivity index (χ3v) is 3.52. The molecule has 1 rings (SSSR count). The Balaban J connectivity index is 1.92. The summed E-state index contributed by atoms with van der Waals surface area (Å²) in [5.41, 5.74) is -0.809. The summed E-state index contributed by atoms with van der Waals surface area (Å²) in [5, 5.41) is 3.11. The number of hydrogen-bond donors (Lipinski definition) is 0. The molecule has 4 nitrogen and oxygen atoms in total. The van der Waals surface area contributed by atoms with E-state index in [-0.39, 0.29) is 12.4 Å². The molecule has 1 atom stereocenters. The molecule has 0 aromatic rings. The topological polar surface area (TPSA) is 47.9 Å². The maximum Gasteiger partial charge on any atom is 0.432 e. The summed E-state index contributed by atoms with van der Waals surface area (Å²) in [4.78, 5) is 15.9. The second-order valence-corrected chi connectivity index (χ2v) is 5.43. The molecule has 22 heavy (non-hydrogen) atoms. The highest BCUT2D eigenvalue weighted by molar-refractivity contribution is 5.90. The standard InChI is InChI=1S/C15H24F3NO3/c1-2-21-14(20)10-8-6-4-3-5-7-9-12-11-13(19-22-12)15(16,17)18/h12H,2-11H2,1H3. The van der Waals surface area contributed by atoms with E-state index in [1.807, 2.05) is 0 Å². The molecule has 0 saturated carbocycles. The van der Waals surface area contributed by atoms with E-state index >= 15 is 0 Å². The Bertz CT molecular complexity index is 370. The minimum Gasteiger partial charge on any atom is -0.466 e. The predicted octanol–water partition coefficient (Wildman–Crippen LogP) is 4.38. The van der Waals surface area contributed by atoms with E-state index in [9.17, 15) is 18.0 Å². The molecule has 0 aromatic heterocycles. The summed E-state index contributed by atoms with van der Waals surface area (Å²) in [5.74, 6) is -0.152. The van der Waals surface area contributed by atoms with Crippen LogP contribution in [0.2, 0.25) is 0 Å². The zero-order valence-corrected chi connectivity index (χ0v) is 13.0. The number of nitrogens with zero attached hydrogens (tertiary/aromatic N) is 1. The van der Waals surface area contributed by atoms with Crippen LogP contribution < -0.4 is 0 Å². The molecule has 0 aromatic carbocycles. The zero-order valence-electron chi connectivity index (χ0n) is 13.0. The van der Waals surface area contributed by atoms with Gasteiger partial charge in [-0.15, -0.1) is 0 Å². The van der Waals surface area contributed by atoms with E-state index in [0.29, 0.717) is 19.4 Å². The second kappa shape index (κ2) is 9.69. The number of esters is 1. The van der Waals surface area contributed by atoms with Gasteiger partial charge in [0.05, 0.1) is 6.61 Å². The van der Waals surface area contributed by atoms with Crippen LogP contribution in [0.3, 0.4) is 0 Å². The highest BCUT2D eigenvalue weighted by Crippen LogP contribution is 2.27. The molecule has 0 bridgehead atoms. The lowest BCUT2D eigenvalue weighted by Crippen LogP contribution is -2.22. The van der Waals surface area contributed by atoms with Crippen molar-refractivity contribution in [1.82, 2.24) is 0 Å². The molecule has 1 heterocycles. The highest BCUT2D eigenvalue weighted by atomic mass is 19.4. The smallest absolute Gasteiger partial charge is 0.432 e. The monoisotopic (exact) mass is 323 g/mol. The van der Waals surface area contributed by atoms with Gasteiger partial charge in [-0.1, -0.05) is 30.8 Å². The molecular weight excluding hydrogens is 299 g/mol. The Kier molecular flexibility index (Phi) is 8.27. The molecule has 128 valence electrons. The largest absolute Gasteiger partial charge is 0.466 e. The third-order valence-electron chi connectivity index (χ3n) is 3.52. The minimum atomic E-state index is -4.37. The van der Waals surface area contributed by atoms with E-state index < -0.39 is 18.0 Å². The molecule has 1 aliphatic heterocycles. The summed E-state index contributed by atoms with van der Waals surface area (Å²) >= 11 is 0. The number of carbonyl (C=O) groups excluding carboxylic acids is 1. The lowest BCUT2D eigenvalue weighted by atomic mass is 10.0. The molecule has 0 N–H and O–H groups in total. The van der Waals surface area contributed by atoms with Crippen LogP contribution in [-0.2, 0) is 14.4 Å². The van der Waals surface area contributed by atoms with Crippen molar-refractivity contribution in [1.29, 1.82) is 0 Å². The molecule has 1 aliphatic rings. The summed E-state index contributed by atoms with van der Waals surface area (Å²) in [6, 6.07) is 0. The van der Waals surface area contributed by atoms with Gasteiger partial charge in [-0.05, 0) is 26.2 Å². The quantitative estimate of drug-likeness (QED) is 0.443. The first-order valence-corrected chi connectivity index (χ1v) is 7.89. The SMILES string of the molecule is CCOC(=O)CCCCCCCCC1CC(C(F)(F)F)=NO1. The van der Waals surface area contributed by atoms with Crippen LogP contribution in [0.1, 0.15) is 64.7 Å². The number of hydrogen-bond acceptors (Lipinski definition) is 4. The summed E-state index contributed by atoms with van der Waals surface area (Å²) in [7, 11) is 0. The normalized spacial score (nSPS) is 18.0. The first-order valence-electron chi connectivity index (χ1n) is 7.89. The lowest BCUT2D eigenvalue weighted by molar-refractivity contribution is -0.143. The molecular formula is C15H24F3NO3. The Morgan fingerprint density at radius 3 is 2.45 bits per heavy atom. The van der Waals surface area contributed by atoms with Crippen molar-refractivity contribution in [2.45, 2.75) is 77.0 Å². The van der Waals surface area contributed by atoms with Crippen LogP contribution in [0, 0.1) is 0 Å². The van der Waals surface area contributed by atoms with Crippen molar-refractivity contribution in [3.05, 3.63) is 0 Å². The van der Waals surface area contributed by atoms with Gasteiger partial charge in [-0.2, -0.15) is 13.2 Å². The zero-order chi connectivity index (χ0) is 16.4. The average molecular weight is 323 g/mol. The Labute approximate surface area is 129 Å². The fourth-order valence-corrected chi connectivity index (χ4v) is 2.33. The van der Waals surface area contributed by atoms with Crippen LogP contribution in [-0.4, -0.2) is 30.6 Å². The summed E-state index contributed by atoms with van der Waals surface area (Å²) < 4.78 is 41.9. The van der Waals surface area contributed by atoms with Crippen LogP contribution >= 0.6 is 0 Å². The Morgan fingerprint density at radius 1 is 1.23 bits per heavy atom. The Morgan fingerprint density at radius 2 is 1.86 bits per heavy atom. The van der Waals surface area contributed by atoms with E-state index in [0.717, 1.165) is 38.5 Å². The summed E-state index contributed by atoms with van der Waals surface area (Å²) in [6.45, 7) is 2.20. The molecule has 0 spiro atoms. The number of carbonyl (C=O) groups is 1. The van der Waals surface area contributed by atoms with Crippen molar-refractivity contribution in [3.63, 3.8) is 0 Å². The number of rotatable bonds is 10. The van der Waals surface area contributed by atoms with Crippen molar-refractivity contribution >= 4 is 11.7 Å². The molecule has 7 heteroatoms. The van der Waals surface area contributed by atoms with E-state index in [1.54, 1.807) is 6.92 Å². The number of unbranched alkanes of at least 4 members (excludes halogenated alkanes) is 5. The van der Waals surface area contributed by atoms with Gasteiger partial charge < -0.3 is 9.57 Å². The van der Waals surface area contributed by atoms with E-state index in [2.05, 4.69) is 5.16 Å². The van der Waals surface area contributed by atoms with Gasteiger partial charge in [0.25, 0.3) is 0 Å². The molecule has 0 fully saturated rings. The van der Waals surface area contributed by atoms with Gasteiger partial charge in [0.15, 0.2) is 5.71 Å². The number of halogens is 3. The van der Waals surface area contributed by atoms with Gasteiger partial charge in [0, 0.05) is 12.8 Å². The lowest BCUT2D eigenvalue weighted by Gasteiger charge is -2.08. The Hall–Kier alpha value is -1.27. The maximum absolute atomic E-state index is 12.4. The van der Waals surface area contributed by atoms with Gasteiger partial charge >= 0.3 is 12.1 Å². The van der Waals surface area contributed by atoms with Crippen molar-refractivity contribution in [2.24, 2.45) is 5.16 Å². The van der Waals surface area contributed by atoms with Crippen LogP contribution in [0.4, 0.5) is 13.2 Å². The molecule has 0 saturated heterocycles. The van der Waals surface area contributed by atoms with Gasteiger partial charge in [-0.3, -0.25) is 4.79 Å². The van der Waals surface area contributed by atoms with E-state index in [1.165, 1.54) is 0 Å². The fraction of sp³-hybridized carbons (Fsp3) is 0.867. The molecule has 0 amide bonds. The van der Waals surface area contributed by atoms with Gasteiger partial charge in [0.1, 0.15) is 6.10 Å². The average Bonchev–Trinajstić information content (AvgIpc) is 2.91. The van der Waals surface area contributed by atoms with Gasteiger partial charge in [0.2, 0.25) is 0 Å². The van der Waals surface area contributed by atoms with Crippen molar-refractivity contribution in [3.8, 4) is 0 Å². The number of alkyl halides is 3. The molecule has 0 radical (unpaired) electrons. The maximum atomic E-state index is 12.4. The van der Waals surface area contributed by atoms with Crippen molar-refractivity contribution in [2.75, 3.05) is 6.61 Å². The van der Waals surface area contributed by atoms with Crippen molar-refractivity contribution < 1.29 is 27.5 Å². The third kappa shape index (κ3) is 7.66. The first kappa shape index (κ1) is 18.8. The first-order chi connectivity index (χ1) is 10.4. The number of ether oxygens (including phenoxy) is 1. The molecule has 1 unspecified atom stereocenters. The van der Waals surface area contributed by atoms with Crippen LogP contribution in [0.15, 0.2) is 5.16 Å². The second-order valence-electron chi connectivity index (χ2n) is 5.43. The minimum absolute atomic E-state index is 0.136. The number of oxime groups is 1. The predicted molar refractivity (Wildman–Crippen MR) is 76.5 cm³/mol. The van der Waals surface area contributed by atoms with Gasteiger partial charge in [-0.25, -0.2) is 0 Å². The van der Waals surface area contributed by atoms with Crippen LogP contribution in [0.25, 0.3) is 0 Å². The fourth-order valence-electron chi connectivity index (χ4n) is 2.33. The van der Waals surface area contributed by atoms with Crippen LogP contribution in [0.5, 0.6) is 0 Å². The summed E-state index contributed by atoms with van der Waals surface area (Å²) in [6.07, 6.45) is 1.76. The molecule has 0 aliphatic carbocycles. The van der Waals surface area contributed by atoms with E-state index in [4.69, 9.17) is 9.57 Å².